The minimum Gasteiger partial charge on any atom is -0.322 e. The van der Waals surface area contributed by atoms with Crippen LogP contribution in [0.4, 0.5) is 28.9 Å². The first-order valence-electron chi connectivity index (χ1n) is 8.51. The molecular formula is C18H11F4N5O3. The number of rotatable bonds is 4. The summed E-state index contributed by atoms with van der Waals surface area (Å²) in [5.74, 6) is -6.66. The molecule has 2 atom stereocenters. The van der Waals surface area contributed by atoms with E-state index in [-0.39, 0.29) is 11.4 Å². The Kier molecular flexibility index (Phi) is 4.68. The maximum absolute atomic E-state index is 13.7. The Morgan fingerprint density at radius 1 is 0.967 bits per heavy atom. The van der Waals surface area contributed by atoms with Crippen LogP contribution in [0.15, 0.2) is 46.7 Å². The first kappa shape index (κ1) is 19.5. The van der Waals surface area contributed by atoms with E-state index in [1.807, 2.05) is 0 Å². The number of nitrogens with one attached hydrogen (secondary N) is 1. The molecule has 154 valence electrons. The molecule has 1 saturated heterocycles. The van der Waals surface area contributed by atoms with Gasteiger partial charge in [-0.25, -0.2) is 22.5 Å². The van der Waals surface area contributed by atoms with E-state index in [1.54, 1.807) is 0 Å². The van der Waals surface area contributed by atoms with E-state index in [2.05, 4.69) is 15.7 Å². The molecule has 8 nitrogen and oxygen atoms in total. The van der Waals surface area contributed by atoms with Crippen molar-refractivity contribution in [2.75, 3.05) is 16.8 Å². The number of imide groups is 1. The summed E-state index contributed by atoms with van der Waals surface area (Å²) in [6.45, 7) is -0.563. The van der Waals surface area contributed by atoms with E-state index < -0.39 is 59.6 Å². The van der Waals surface area contributed by atoms with Crippen molar-refractivity contribution in [2.45, 2.75) is 12.1 Å². The molecule has 2 aliphatic rings. The zero-order valence-corrected chi connectivity index (χ0v) is 14.9. The Balaban J connectivity index is 1.50. The summed E-state index contributed by atoms with van der Waals surface area (Å²) in [6.07, 6.45) is 0. The van der Waals surface area contributed by atoms with Crippen LogP contribution in [-0.2, 0) is 14.4 Å². The number of hydrogen-bond donors (Lipinski definition) is 1. The fourth-order valence-electron chi connectivity index (χ4n) is 3.16. The van der Waals surface area contributed by atoms with Gasteiger partial charge >= 0.3 is 0 Å². The fraction of sp³-hybridized carbons (Fsp3) is 0.167. The summed E-state index contributed by atoms with van der Waals surface area (Å²) < 4.78 is 53.3. The highest BCUT2D eigenvalue weighted by molar-refractivity contribution is 6.25. The molecule has 2 aliphatic heterocycles. The predicted molar refractivity (Wildman–Crippen MR) is 93.0 cm³/mol. The monoisotopic (exact) mass is 421 g/mol. The van der Waals surface area contributed by atoms with E-state index >= 15 is 0 Å². The summed E-state index contributed by atoms with van der Waals surface area (Å²) in [6, 6.07) is 2.53. The van der Waals surface area contributed by atoms with Gasteiger partial charge in [0.1, 0.15) is 18.2 Å². The van der Waals surface area contributed by atoms with Crippen LogP contribution < -0.4 is 10.2 Å². The largest absolute Gasteiger partial charge is 0.322 e. The van der Waals surface area contributed by atoms with Crippen molar-refractivity contribution < 1.29 is 31.9 Å². The minimum absolute atomic E-state index is 0.189. The molecule has 2 heterocycles. The van der Waals surface area contributed by atoms with Gasteiger partial charge in [-0.15, -0.1) is 0 Å². The smallest absolute Gasteiger partial charge is 0.263 e. The van der Waals surface area contributed by atoms with Crippen LogP contribution in [0.5, 0.6) is 0 Å². The highest BCUT2D eigenvalue weighted by atomic mass is 19.2. The van der Waals surface area contributed by atoms with Gasteiger partial charge in [-0.3, -0.25) is 19.4 Å². The lowest BCUT2D eigenvalue weighted by atomic mass is 10.1. The Morgan fingerprint density at radius 2 is 1.73 bits per heavy atom. The Hall–Kier alpha value is -3.83. The third-order valence-electron chi connectivity index (χ3n) is 4.53. The molecule has 2 aromatic rings. The van der Waals surface area contributed by atoms with Gasteiger partial charge in [0, 0.05) is 12.1 Å². The number of anilines is 2. The molecule has 3 amide bonds. The zero-order valence-electron chi connectivity index (χ0n) is 14.9. The van der Waals surface area contributed by atoms with Gasteiger partial charge in [0.2, 0.25) is 5.91 Å². The van der Waals surface area contributed by atoms with Gasteiger partial charge in [0.05, 0.1) is 11.4 Å². The number of fused-ring (bicyclic) bond motifs is 1. The second-order valence-electron chi connectivity index (χ2n) is 6.47. The van der Waals surface area contributed by atoms with Crippen LogP contribution >= 0.6 is 0 Å². The molecule has 0 aliphatic carbocycles. The Labute approximate surface area is 165 Å². The van der Waals surface area contributed by atoms with Crippen molar-refractivity contribution in [1.29, 1.82) is 0 Å². The maximum Gasteiger partial charge on any atom is 0.263 e. The van der Waals surface area contributed by atoms with E-state index in [4.69, 9.17) is 0 Å². The molecule has 1 fully saturated rings. The van der Waals surface area contributed by atoms with Crippen molar-refractivity contribution in [3.63, 3.8) is 0 Å². The molecule has 4 rings (SSSR count). The van der Waals surface area contributed by atoms with Crippen molar-refractivity contribution in [1.82, 2.24) is 5.01 Å². The second-order valence-corrected chi connectivity index (χ2v) is 6.47. The normalized spacial score (nSPS) is 20.1. The number of carbonyl (C=O) groups is 3. The average Bonchev–Trinajstić information content (AvgIpc) is 3.20. The molecule has 12 heteroatoms. The highest BCUT2D eigenvalue weighted by Crippen LogP contribution is 2.32. The lowest BCUT2D eigenvalue weighted by Gasteiger charge is -2.20. The number of carbonyl (C=O) groups excluding carboxylic acids is 3. The molecule has 0 saturated carbocycles. The van der Waals surface area contributed by atoms with E-state index in [0.29, 0.717) is 17.0 Å². The molecule has 0 unspecified atom stereocenters. The van der Waals surface area contributed by atoms with Crippen molar-refractivity contribution >= 4 is 29.1 Å². The molecule has 2 aromatic carbocycles. The predicted octanol–water partition coefficient (Wildman–Crippen LogP) is 2.17. The number of halogens is 4. The maximum atomic E-state index is 13.7. The fourth-order valence-corrected chi connectivity index (χ4v) is 3.16. The first-order chi connectivity index (χ1) is 14.3. The zero-order chi connectivity index (χ0) is 21.6. The molecule has 0 bridgehead atoms. The number of benzene rings is 2. The minimum atomic E-state index is -1.27. The van der Waals surface area contributed by atoms with Gasteiger partial charge in [-0.05, 0) is 24.3 Å². The number of nitrogens with zero attached hydrogens (tertiary/aromatic N) is 4. The lowest BCUT2D eigenvalue weighted by Crippen LogP contribution is -2.43. The van der Waals surface area contributed by atoms with Gasteiger partial charge in [-0.2, -0.15) is 5.11 Å². The Morgan fingerprint density at radius 3 is 2.43 bits per heavy atom. The standard InChI is InChI=1S/C18H11F4N5O3/c19-8-1-4-13(12(22)5-8)23-14(28)7-26-16-15(24-25-26)17(29)27(18(16)30)9-2-3-10(20)11(21)6-9/h1-6,15-16H,7H2,(H,23,28)/t15-,16-/m0/s1. The van der Waals surface area contributed by atoms with Crippen LogP contribution in [0.2, 0.25) is 0 Å². The van der Waals surface area contributed by atoms with Crippen LogP contribution in [0.25, 0.3) is 0 Å². The van der Waals surface area contributed by atoms with Gasteiger partial charge in [0.15, 0.2) is 23.7 Å². The highest BCUT2D eigenvalue weighted by Gasteiger charge is 2.55. The second kappa shape index (κ2) is 7.21. The molecule has 1 N–H and O–H groups in total. The lowest BCUT2D eigenvalue weighted by molar-refractivity contribution is -0.123. The molecule has 30 heavy (non-hydrogen) atoms. The Bertz CT molecular complexity index is 1110. The molecule has 0 spiro atoms. The van der Waals surface area contributed by atoms with Crippen LogP contribution in [-0.4, -0.2) is 41.4 Å². The van der Waals surface area contributed by atoms with E-state index in [1.165, 1.54) is 0 Å². The quantitative estimate of drug-likeness (QED) is 0.605. The summed E-state index contributed by atoms with van der Waals surface area (Å²) in [7, 11) is 0. The van der Waals surface area contributed by atoms with Crippen molar-refractivity contribution in [2.24, 2.45) is 10.3 Å². The number of amides is 3. The molecule has 0 aromatic heterocycles. The summed E-state index contributed by atoms with van der Waals surface area (Å²) in [5, 5.41) is 10.5. The number of hydrogen-bond acceptors (Lipinski definition) is 6. The van der Waals surface area contributed by atoms with Gasteiger partial charge in [-0.1, -0.05) is 5.22 Å². The molecular weight excluding hydrogens is 410 g/mol. The third-order valence-corrected chi connectivity index (χ3v) is 4.53. The van der Waals surface area contributed by atoms with Gasteiger partial charge in [0.25, 0.3) is 11.8 Å². The summed E-state index contributed by atoms with van der Waals surface area (Å²) in [4.78, 5) is 38.1. The molecule has 0 radical (unpaired) electrons. The first-order valence-corrected chi connectivity index (χ1v) is 8.51. The van der Waals surface area contributed by atoms with Crippen LogP contribution in [0.1, 0.15) is 0 Å². The topological polar surface area (TPSA) is 94.4 Å². The average molecular weight is 421 g/mol. The van der Waals surface area contributed by atoms with Crippen LogP contribution in [0, 0.1) is 23.3 Å². The van der Waals surface area contributed by atoms with Crippen LogP contribution in [0.3, 0.4) is 0 Å². The third kappa shape index (κ3) is 3.25. The summed E-state index contributed by atoms with van der Waals surface area (Å²) >= 11 is 0. The van der Waals surface area contributed by atoms with Crippen molar-refractivity contribution in [3.05, 3.63) is 59.7 Å². The SMILES string of the molecule is O=C(CN1N=N[C@@H]2C(=O)N(c3ccc(F)c(F)c3)C(=O)[C@H]21)Nc1ccc(F)cc1F. The van der Waals surface area contributed by atoms with Crippen molar-refractivity contribution in [3.8, 4) is 0 Å². The van der Waals surface area contributed by atoms with E-state index in [9.17, 15) is 31.9 Å². The van der Waals surface area contributed by atoms with Gasteiger partial charge < -0.3 is 5.32 Å². The summed E-state index contributed by atoms with van der Waals surface area (Å²) in [5.41, 5.74) is -0.474. The van der Waals surface area contributed by atoms with E-state index in [0.717, 1.165) is 29.3 Å².